The molecule has 0 unspecified atom stereocenters. The molecule has 2 amide bonds. The second-order valence-corrected chi connectivity index (χ2v) is 8.86. The van der Waals surface area contributed by atoms with Crippen molar-refractivity contribution in [3.8, 4) is 5.75 Å². The number of piperazine rings is 1. The Morgan fingerprint density at radius 3 is 2.32 bits per heavy atom. The van der Waals surface area contributed by atoms with Crippen LogP contribution in [-0.2, 0) is 4.79 Å². The zero-order valence-electron chi connectivity index (χ0n) is 17.0. The number of amides is 2. The summed E-state index contributed by atoms with van der Waals surface area (Å²) in [7, 11) is 0. The summed E-state index contributed by atoms with van der Waals surface area (Å²) >= 11 is 1.52. The molecule has 5 nitrogen and oxygen atoms in total. The van der Waals surface area contributed by atoms with Crippen LogP contribution >= 0.6 is 11.3 Å². The van der Waals surface area contributed by atoms with Crippen molar-refractivity contribution in [2.45, 2.75) is 33.6 Å². The van der Waals surface area contributed by atoms with Gasteiger partial charge in [-0.05, 0) is 49.1 Å². The molecule has 1 aliphatic heterocycles. The van der Waals surface area contributed by atoms with Gasteiger partial charge in [0.05, 0.1) is 4.88 Å². The van der Waals surface area contributed by atoms with E-state index < -0.39 is 0 Å². The smallest absolute Gasteiger partial charge is 0.264 e. The van der Waals surface area contributed by atoms with Crippen LogP contribution in [0.5, 0.6) is 5.75 Å². The minimum Gasteiger partial charge on any atom is -0.483 e. The van der Waals surface area contributed by atoms with Crippen molar-refractivity contribution in [1.82, 2.24) is 9.80 Å². The van der Waals surface area contributed by atoms with Crippen LogP contribution < -0.4 is 4.74 Å². The SMILES string of the molecule is Cc1ccc(C(C)C)c(OCC(=O)N2CCN(C(=O)c3ccc(C)s3)CC2)c1. The Morgan fingerprint density at radius 2 is 1.71 bits per heavy atom. The second-order valence-electron chi connectivity index (χ2n) is 7.57. The van der Waals surface area contributed by atoms with Crippen LogP contribution in [0.2, 0.25) is 0 Å². The molecule has 1 aromatic carbocycles. The first kappa shape index (κ1) is 20.4. The summed E-state index contributed by atoms with van der Waals surface area (Å²) in [6.45, 7) is 10.5. The van der Waals surface area contributed by atoms with Gasteiger partial charge in [0, 0.05) is 31.1 Å². The molecule has 0 spiro atoms. The zero-order chi connectivity index (χ0) is 20.3. The monoisotopic (exact) mass is 400 g/mol. The molecule has 2 heterocycles. The summed E-state index contributed by atoms with van der Waals surface area (Å²) in [5, 5.41) is 0. The van der Waals surface area contributed by atoms with E-state index in [-0.39, 0.29) is 18.4 Å². The number of hydrogen-bond donors (Lipinski definition) is 0. The highest BCUT2D eigenvalue weighted by atomic mass is 32.1. The van der Waals surface area contributed by atoms with Crippen molar-refractivity contribution >= 4 is 23.2 Å². The molecule has 2 aromatic rings. The molecule has 28 heavy (non-hydrogen) atoms. The van der Waals surface area contributed by atoms with E-state index in [1.54, 1.807) is 4.90 Å². The normalized spacial score (nSPS) is 14.5. The zero-order valence-corrected chi connectivity index (χ0v) is 17.8. The van der Waals surface area contributed by atoms with Crippen LogP contribution in [0.4, 0.5) is 0 Å². The highest BCUT2D eigenvalue weighted by Gasteiger charge is 2.26. The first-order valence-corrected chi connectivity index (χ1v) is 10.5. The fourth-order valence-corrected chi connectivity index (χ4v) is 4.17. The Kier molecular flexibility index (Phi) is 6.39. The molecule has 1 aromatic heterocycles. The summed E-state index contributed by atoms with van der Waals surface area (Å²) in [6, 6.07) is 9.96. The molecule has 0 bridgehead atoms. The van der Waals surface area contributed by atoms with Gasteiger partial charge in [-0.25, -0.2) is 0 Å². The first-order chi connectivity index (χ1) is 13.3. The van der Waals surface area contributed by atoms with Gasteiger partial charge in [-0.15, -0.1) is 11.3 Å². The lowest BCUT2D eigenvalue weighted by Gasteiger charge is -2.34. The van der Waals surface area contributed by atoms with E-state index in [2.05, 4.69) is 26.0 Å². The maximum atomic E-state index is 12.6. The van der Waals surface area contributed by atoms with Gasteiger partial charge in [-0.2, -0.15) is 0 Å². The minimum atomic E-state index is -0.0321. The fourth-order valence-electron chi connectivity index (χ4n) is 3.34. The second kappa shape index (κ2) is 8.78. The maximum absolute atomic E-state index is 12.6. The Labute approximate surface area is 170 Å². The van der Waals surface area contributed by atoms with Crippen molar-refractivity contribution in [2.75, 3.05) is 32.8 Å². The topological polar surface area (TPSA) is 49.9 Å². The number of benzene rings is 1. The van der Waals surface area contributed by atoms with E-state index in [1.807, 2.05) is 36.9 Å². The van der Waals surface area contributed by atoms with E-state index in [4.69, 9.17) is 4.74 Å². The van der Waals surface area contributed by atoms with Crippen molar-refractivity contribution < 1.29 is 14.3 Å². The van der Waals surface area contributed by atoms with E-state index in [0.29, 0.717) is 32.1 Å². The van der Waals surface area contributed by atoms with Gasteiger partial charge in [0.1, 0.15) is 5.75 Å². The molecule has 1 fully saturated rings. The summed E-state index contributed by atoms with van der Waals surface area (Å²) in [5.41, 5.74) is 2.22. The van der Waals surface area contributed by atoms with Crippen molar-refractivity contribution in [3.05, 3.63) is 51.2 Å². The Bertz CT molecular complexity index is 851. The maximum Gasteiger partial charge on any atom is 0.264 e. The Morgan fingerprint density at radius 1 is 1.04 bits per heavy atom. The van der Waals surface area contributed by atoms with Gasteiger partial charge < -0.3 is 14.5 Å². The van der Waals surface area contributed by atoms with Gasteiger partial charge in [0.2, 0.25) is 0 Å². The van der Waals surface area contributed by atoms with E-state index in [9.17, 15) is 9.59 Å². The molecule has 0 saturated carbocycles. The molecular weight excluding hydrogens is 372 g/mol. The minimum absolute atomic E-state index is 0.0290. The molecule has 0 N–H and O–H groups in total. The van der Waals surface area contributed by atoms with Crippen LogP contribution in [0.25, 0.3) is 0 Å². The number of nitrogens with zero attached hydrogens (tertiary/aromatic N) is 2. The third-order valence-corrected chi connectivity index (χ3v) is 6.00. The first-order valence-electron chi connectivity index (χ1n) is 9.72. The van der Waals surface area contributed by atoms with E-state index in [0.717, 1.165) is 26.6 Å². The molecule has 3 rings (SSSR count). The van der Waals surface area contributed by atoms with Gasteiger partial charge in [0.25, 0.3) is 11.8 Å². The van der Waals surface area contributed by atoms with Crippen LogP contribution in [0.15, 0.2) is 30.3 Å². The summed E-state index contributed by atoms with van der Waals surface area (Å²) in [4.78, 5) is 30.6. The molecule has 0 aliphatic carbocycles. The molecule has 0 atom stereocenters. The summed E-state index contributed by atoms with van der Waals surface area (Å²) in [6.07, 6.45) is 0. The average Bonchev–Trinajstić information content (AvgIpc) is 3.11. The number of carbonyl (C=O) groups is 2. The number of rotatable bonds is 5. The number of hydrogen-bond acceptors (Lipinski definition) is 4. The summed E-state index contributed by atoms with van der Waals surface area (Å²) < 4.78 is 5.87. The molecule has 1 saturated heterocycles. The van der Waals surface area contributed by atoms with Gasteiger partial charge in [-0.1, -0.05) is 26.0 Å². The lowest BCUT2D eigenvalue weighted by atomic mass is 10.0. The predicted octanol–water partition coefficient (Wildman–Crippen LogP) is 3.85. The Hall–Kier alpha value is -2.34. The highest BCUT2D eigenvalue weighted by molar-refractivity contribution is 7.13. The van der Waals surface area contributed by atoms with Crippen LogP contribution in [0.1, 0.15) is 45.4 Å². The standard InChI is InChI=1S/C22H28N2O3S/c1-15(2)18-7-5-16(3)13-19(18)27-14-21(25)23-9-11-24(12-10-23)22(26)20-8-6-17(4)28-20/h5-8,13,15H,9-12,14H2,1-4H3. The van der Waals surface area contributed by atoms with Crippen molar-refractivity contribution in [2.24, 2.45) is 0 Å². The third-order valence-electron chi connectivity index (χ3n) is 5.01. The van der Waals surface area contributed by atoms with E-state index >= 15 is 0 Å². The van der Waals surface area contributed by atoms with Crippen LogP contribution in [0, 0.1) is 13.8 Å². The van der Waals surface area contributed by atoms with Crippen molar-refractivity contribution in [1.29, 1.82) is 0 Å². The molecule has 150 valence electrons. The van der Waals surface area contributed by atoms with Crippen LogP contribution in [0.3, 0.4) is 0 Å². The van der Waals surface area contributed by atoms with Gasteiger partial charge in [-0.3, -0.25) is 9.59 Å². The number of ether oxygens (including phenoxy) is 1. The summed E-state index contributed by atoms with van der Waals surface area (Å²) in [5.74, 6) is 1.14. The highest BCUT2D eigenvalue weighted by Crippen LogP contribution is 2.27. The predicted molar refractivity (Wildman–Crippen MR) is 112 cm³/mol. The number of aryl methyl sites for hydroxylation is 2. The van der Waals surface area contributed by atoms with E-state index in [1.165, 1.54) is 11.3 Å². The van der Waals surface area contributed by atoms with Gasteiger partial charge >= 0.3 is 0 Å². The van der Waals surface area contributed by atoms with Crippen LogP contribution in [-0.4, -0.2) is 54.4 Å². The third kappa shape index (κ3) is 4.73. The Balaban J connectivity index is 1.53. The largest absolute Gasteiger partial charge is 0.483 e. The lowest BCUT2D eigenvalue weighted by Crippen LogP contribution is -2.51. The average molecular weight is 401 g/mol. The number of thiophene rings is 1. The molecule has 1 aliphatic rings. The quantitative estimate of drug-likeness (QED) is 0.766. The van der Waals surface area contributed by atoms with Gasteiger partial charge in [0.15, 0.2) is 6.61 Å². The molecular formula is C22H28N2O3S. The number of carbonyl (C=O) groups excluding carboxylic acids is 2. The van der Waals surface area contributed by atoms with Crippen molar-refractivity contribution in [3.63, 3.8) is 0 Å². The molecule has 6 heteroatoms. The fraction of sp³-hybridized carbons (Fsp3) is 0.455. The lowest BCUT2D eigenvalue weighted by molar-refractivity contribution is -0.134. The molecule has 0 radical (unpaired) electrons.